The van der Waals surface area contributed by atoms with Crippen molar-refractivity contribution in [3.63, 3.8) is 0 Å². The predicted molar refractivity (Wildman–Crippen MR) is 126 cm³/mol. The van der Waals surface area contributed by atoms with Gasteiger partial charge in [0.15, 0.2) is 0 Å². The second-order valence-corrected chi connectivity index (χ2v) is 9.21. The Bertz CT molecular complexity index is 926. The molecule has 0 atom stereocenters. The number of amides is 2. The van der Waals surface area contributed by atoms with Crippen molar-refractivity contribution in [3.8, 4) is 0 Å². The van der Waals surface area contributed by atoms with Crippen LogP contribution in [0.2, 0.25) is 0 Å². The molecule has 5 rings (SSSR count). The van der Waals surface area contributed by atoms with E-state index in [1.807, 2.05) is 17.0 Å². The number of para-hydroxylation sites is 2. The maximum absolute atomic E-state index is 13.1. The highest BCUT2D eigenvalue weighted by atomic mass is 16.2. The van der Waals surface area contributed by atoms with Crippen molar-refractivity contribution in [2.24, 2.45) is 0 Å². The van der Waals surface area contributed by atoms with Crippen LogP contribution in [0.3, 0.4) is 0 Å². The second kappa shape index (κ2) is 9.48. The van der Waals surface area contributed by atoms with E-state index in [1.165, 1.54) is 12.8 Å². The van der Waals surface area contributed by atoms with Gasteiger partial charge in [0.25, 0.3) is 0 Å². The molecular formula is C24H35N7O. The molecule has 2 saturated heterocycles. The van der Waals surface area contributed by atoms with E-state index >= 15 is 0 Å². The van der Waals surface area contributed by atoms with Crippen LogP contribution in [0, 0.1) is 0 Å². The zero-order valence-electron chi connectivity index (χ0n) is 19.2. The number of carbonyl (C=O) groups excluding carboxylic acids is 1. The fraction of sp³-hybridized carbons (Fsp3) is 0.625. The number of piperazine rings is 1. The van der Waals surface area contributed by atoms with E-state index in [0.29, 0.717) is 5.92 Å². The molecule has 4 heterocycles. The van der Waals surface area contributed by atoms with Crippen LogP contribution < -0.4 is 10.2 Å². The van der Waals surface area contributed by atoms with Crippen molar-refractivity contribution >= 4 is 17.4 Å². The van der Waals surface area contributed by atoms with Crippen LogP contribution in [0.25, 0.3) is 0 Å². The molecule has 0 saturated carbocycles. The van der Waals surface area contributed by atoms with E-state index in [-0.39, 0.29) is 6.03 Å². The lowest BCUT2D eigenvalue weighted by atomic mass is 9.95. The molecule has 1 aromatic heterocycles. The molecular weight excluding hydrogens is 402 g/mol. The third-order valence-electron chi connectivity index (χ3n) is 7.34. The smallest absolute Gasteiger partial charge is 0.321 e. The molecule has 0 bridgehead atoms. The summed E-state index contributed by atoms with van der Waals surface area (Å²) in [6, 6.07) is 8.21. The third-order valence-corrected chi connectivity index (χ3v) is 7.34. The molecule has 0 aliphatic carbocycles. The number of aromatic nitrogens is 3. The summed E-state index contributed by atoms with van der Waals surface area (Å²) in [5.41, 5.74) is 2.04. The Morgan fingerprint density at radius 2 is 1.78 bits per heavy atom. The minimum absolute atomic E-state index is 0.00589. The second-order valence-electron chi connectivity index (χ2n) is 9.21. The molecule has 32 heavy (non-hydrogen) atoms. The molecule has 2 aromatic rings. The summed E-state index contributed by atoms with van der Waals surface area (Å²) in [5, 5.41) is 12.1. The van der Waals surface area contributed by atoms with Gasteiger partial charge in [-0.2, -0.15) is 0 Å². The van der Waals surface area contributed by atoms with Gasteiger partial charge in [0.1, 0.15) is 11.6 Å². The standard InChI is InChI=1S/C24H35N7O/c1-2-28-15-17-29(18-16-28)21-8-4-3-7-20(21)25-24(32)30-13-10-19(11-14-30)23-27-26-22-9-5-6-12-31(22)23/h3-4,7-8,19H,2,5-6,9-18H2,1H3,(H,25,32). The predicted octanol–water partition coefficient (Wildman–Crippen LogP) is 3.17. The van der Waals surface area contributed by atoms with E-state index in [1.54, 1.807) is 0 Å². The Balaban J connectivity index is 1.19. The van der Waals surface area contributed by atoms with Crippen LogP contribution >= 0.6 is 0 Å². The van der Waals surface area contributed by atoms with E-state index < -0.39 is 0 Å². The number of anilines is 2. The Kier molecular flexibility index (Phi) is 6.30. The van der Waals surface area contributed by atoms with Crippen LogP contribution in [-0.2, 0) is 13.0 Å². The summed E-state index contributed by atoms with van der Waals surface area (Å²) in [6.45, 7) is 10.00. The van der Waals surface area contributed by atoms with Gasteiger partial charge in [0.2, 0.25) is 0 Å². The highest BCUT2D eigenvalue weighted by Crippen LogP contribution is 2.31. The van der Waals surface area contributed by atoms with Gasteiger partial charge in [-0.05, 0) is 44.4 Å². The molecule has 0 unspecified atom stereocenters. The average Bonchev–Trinajstić information content (AvgIpc) is 3.29. The summed E-state index contributed by atoms with van der Waals surface area (Å²) < 4.78 is 2.33. The highest BCUT2D eigenvalue weighted by molar-refractivity contribution is 5.93. The van der Waals surface area contributed by atoms with Crippen molar-refractivity contribution in [3.05, 3.63) is 35.9 Å². The Morgan fingerprint density at radius 3 is 2.56 bits per heavy atom. The molecule has 1 aromatic carbocycles. The summed E-state index contributed by atoms with van der Waals surface area (Å²) in [6.07, 6.45) is 5.37. The minimum Gasteiger partial charge on any atom is -0.367 e. The lowest BCUT2D eigenvalue weighted by Gasteiger charge is -2.37. The van der Waals surface area contributed by atoms with Crippen molar-refractivity contribution < 1.29 is 4.79 Å². The molecule has 2 fully saturated rings. The van der Waals surface area contributed by atoms with Crippen molar-refractivity contribution in [2.45, 2.75) is 51.5 Å². The zero-order valence-corrected chi connectivity index (χ0v) is 19.2. The normalized spacial score (nSPS) is 20.3. The van der Waals surface area contributed by atoms with Gasteiger partial charge in [0, 0.05) is 58.2 Å². The first kappa shape index (κ1) is 21.2. The number of likely N-dealkylation sites (tertiary alicyclic amines) is 1. The number of urea groups is 1. The van der Waals surface area contributed by atoms with Crippen LogP contribution in [0.1, 0.15) is 50.2 Å². The van der Waals surface area contributed by atoms with Crippen molar-refractivity contribution in [1.82, 2.24) is 24.6 Å². The van der Waals surface area contributed by atoms with Crippen LogP contribution in [0.15, 0.2) is 24.3 Å². The molecule has 2 amide bonds. The fourth-order valence-electron chi connectivity index (χ4n) is 5.33. The van der Waals surface area contributed by atoms with Gasteiger partial charge in [-0.1, -0.05) is 19.1 Å². The number of nitrogens with one attached hydrogen (secondary N) is 1. The number of hydrogen-bond donors (Lipinski definition) is 1. The van der Waals surface area contributed by atoms with E-state index in [4.69, 9.17) is 0 Å². The van der Waals surface area contributed by atoms with Gasteiger partial charge in [-0.3, -0.25) is 0 Å². The average molecular weight is 438 g/mol. The number of likely N-dealkylation sites (N-methyl/N-ethyl adjacent to an activating group) is 1. The van der Waals surface area contributed by atoms with Crippen molar-refractivity contribution in [1.29, 1.82) is 0 Å². The SMILES string of the molecule is CCN1CCN(c2ccccc2NC(=O)N2CCC(c3nnc4n3CCCC4)CC2)CC1. The third kappa shape index (κ3) is 4.33. The quantitative estimate of drug-likeness (QED) is 0.796. The molecule has 0 radical (unpaired) electrons. The Morgan fingerprint density at radius 1 is 1.00 bits per heavy atom. The molecule has 3 aliphatic rings. The number of fused-ring (bicyclic) bond motifs is 1. The van der Waals surface area contributed by atoms with Crippen LogP contribution in [0.5, 0.6) is 0 Å². The lowest BCUT2D eigenvalue weighted by molar-refractivity contribution is 0.192. The Labute approximate surface area is 190 Å². The maximum atomic E-state index is 13.1. The molecule has 8 heteroatoms. The fourth-order valence-corrected chi connectivity index (χ4v) is 5.33. The number of piperidine rings is 1. The first-order valence-corrected chi connectivity index (χ1v) is 12.3. The molecule has 8 nitrogen and oxygen atoms in total. The van der Waals surface area contributed by atoms with Gasteiger partial charge in [-0.15, -0.1) is 10.2 Å². The van der Waals surface area contributed by atoms with Gasteiger partial charge < -0.3 is 24.6 Å². The summed E-state index contributed by atoms with van der Waals surface area (Å²) in [4.78, 5) is 19.9. The number of nitrogens with zero attached hydrogens (tertiary/aromatic N) is 6. The largest absolute Gasteiger partial charge is 0.367 e. The first-order chi connectivity index (χ1) is 15.7. The van der Waals surface area contributed by atoms with Crippen molar-refractivity contribution in [2.75, 3.05) is 56.0 Å². The first-order valence-electron chi connectivity index (χ1n) is 12.3. The lowest BCUT2D eigenvalue weighted by Crippen LogP contribution is -2.46. The summed E-state index contributed by atoms with van der Waals surface area (Å²) >= 11 is 0. The minimum atomic E-state index is 0.00589. The summed E-state index contributed by atoms with van der Waals surface area (Å²) in [5.74, 6) is 2.68. The van der Waals surface area contributed by atoms with Gasteiger partial charge in [-0.25, -0.2) is 4.79 Å². The van der Waals surface area contributed by atoms with E-state index in [9.17, 15) is 4.79 Å². The molecule has 3 aliphatic heterocycles. The number of benzene rings is 1. The maximum Gasteiger partial charge on any atom is 0.321 e. The number of aryl methyl sites for hydroxylation is 1. The monoisotopic (exact) mass is 437 g/mol. The van der Waals surface area contributed by atoms with Gasteiger partial charge in [0.05, 0.1) is 11.4 Å². The highest BCUT2D eigenvalue weighted by Gasteiger charge is 2.29. The van der Waals surface area contributed by atoms with Crippen LogP contribution in [-0.4, -0.2) is 76.4 Å². The molecule has 0 spiro atoms. The molecule has 172 valence electrons. The number of rotatable bonds is 4. The topological polar surface area (TPSA) is 69.5 Å². The van der Waals surface area contributed by atoms with E-state index in [0.717, 1.165) is 94.6 Å². The zero-order chi connectivity index (χ0) is 21.9. The number of carbonyl (C=O) groups is 1. The Hall–Kier alpha value is -2.61. The molecule has 1 N–H and O–H groups in total. The van der Waals surface area contributed by atoms with Crippen LogP contribution in [0.4, 0.5) is 16.2 Å². The summed E-state index contributed by atoms with van der Waals surface area (Å²) in [7, 11) is 0. The number of hydrogen-bond acceptors (Lipinski definition) is 5. The van der Waals surface area contributed by atoms with E-state index in [2.05, 4.69) is 48.9 Å². The van der Waals surface area contributed by atoms with Gasteiger partial charge >= 0.3 is 6.03 Å².